The highest BCUT2D eigenvalue weighted by Crippen LogP contribution is 2.29. The molecule has 2 N–H and O–H groups in total. The minimum Gasteiger partial charge on any atom is -0.439 e. The molecule has 3 heterocycles. The molecule has 0 radical (unpaired) electrons. The Kier molecular flexibility index (Phi) is 4.84. The van der Waals surface area contributed by atoms with Crippen molar-refractivity contribution in [1.82, 2.24) is 20.1 Å². The van der Waals surface area contributed by atoms with E-state index >= 15 is 0 Å². The van der Waals surface area contributed by atoms with E-state index < -0.39 is 5.54 Å². The summed E-state index contributed by atoms with van der Waals surface area (Å²) in [7, 11) is 0. The third kappa shape index (κ3) is 3.68. The van der Waals surface area contributed by atoms with Gasteiger partial charge < -0.3 is 15.4 Å². The van der Waals surface area contributed by atoms with Crippen molar-refractivity contribution in [3.63, 3.8) is 0 Å². The summed E-state index contributed by atoms with van der Waals surface area (Å²) in [5, 5.41) is 10.7. The number of hydrogen-bond acceptors (Lipinski definition) is 5. The molecular weight excluding hydrogens is 342 g/mol. The molecule has 0 spiro atoms. The Morgan fingerprint density at radius 3 is 2.56 bits per heavy atom. The number of rotatable bonds is 5. The van der Waals surface area contributed by atoms with Gasteiger partial charge in [-0.2, -0.15) is 5.10 Å². The lowest BCUT2D eigenvalue weighted by Gasteiger charge is -2.36. The first kappa shape index (κ1) is 17.2. The molecule has 1 aliphatic rings. The van der Waals surface area contributed by atoms with E-state index in [0.29, 0.717) is 24.5 Å². The Balaban J connectivity index is 1.48. The number of nitrogens with one attached hydrogen (secondary N) is 2. The van der Waals surface area contributed by atoms with Gasteiger partial charge in [-0.15, -0.1) is 0 Å². The Morgan fingerprint density at radius 2 is 1.89 bits per heavy atom. The second-order valence-corrected chi connectivity index (χ2v) is 6.48. The lowest BCUT2D eigenvalue weighted by Crippen LogP contribution is -2.52. The molecule has 0 bridgehead atoms. The molecule has 1 aliphatic heterocycles. The zero-order chi connectivity index (χ0) is 18.5. The van der Waals surface area contributed by atoms with Gasteiger partial charge in [0, 0.05) is 30.3 Å². The van der Waals surface area contributed by atoms with E-state index in [9.17, 15) is 4.79 Å². The minimum atomic E-state index is -0.669. The van der Waals surface area contributed by atoms with Crippen molar-refractivity contribution in [2.75, 3.05) is 18.4 Å². The Bertz CT molecular complexity index is 873. The van der Waals surface area contributed by atoms with Crippen LogP contribution in [-0.4, -0.2) is 33.8 Å². The van der Waals surface area contributed by atoms with Crippen molar-refractivity contribution in [2.45, 2.75) is 18.4 Å². The molecule has 4 rings (SSSR count). The fourth-order valence-corrected chi connectivity index (χ4v) is 3.30. The lowest BCUT2D eigenvalue weighted by atomic mass is 9.87. The van der Waals surface area contributed by atoms with Gasteiger partial charge in [0.05, 0.1) is 0 Å². The van der Waals surface area contributed by atoms with Crippen molar-refractivity contribution in [3.05, 3.63) is 67.1 Å². The SMILES string of the molecule is O=C(Nc1ccc(Oc2ccccn2)cc1)C1(n2cccn2)CCNCC1. The number of pyridine rings is 1. The van der Waals surface area contributed by atoms with Crippen LogP contribution in [0.3, 0.4) is 0 Å². The standard InChI is InChI=1S/C20H21N5O2/c26-19(20(9-13-21-14-10-20)25-15-3-12-23-25)24-16-5-7-17(8-6-16)27-18-4-1-2-11-22-18/h1-8,11-12,15,21H,9-10,13-14H2,(H,24,26). The van der Waals surface area contributed by atoms with Gasteiger partial charge in [-0.3, -0.25) is 9.48 Å². The van der Waals surface area contributed by atoms with Gasteiger partial charge >= 0.3 is 0 Å². The molecular formula is C20H21N5O2. The summed E-state index contributed by atoms with van der Waals surface area (Å²) in [6.07, 6.45) is 6.63. The van der Waals surface area contributed by atoms with Gasteiger partial charge in [0.15, 0.2) is 0 Å². The number of benzene rings is 1. The number of hydrogen-bond donors (Lipinski definition) is 2. The van der Waals surface area contributed by atoms with Crippen LogP contribution >= 0.6 is 0 Å². The second kappa shape index (κ2) is 7.59. The summed E-state index contributed by atoms with van der Waals surface area (Å²) in [5.41, 5.74) is 0.0520. The molecule has 7 heteroatoms. The molecule has 1 amide bonds. The summed E-state index contributed by atoms with van der Waals surface area (Å²) >= 11 is 0. The van der Waals surface area contributed by atoms with Crippen LogP contribution < -0.4 is 15.4 Å². The second-order valence-electron chi connectivity index (χ2n) is 6.48. The number of ether oxygens (including phenoxy) is 1. The van der Waals surface area contributed by atoms with E-state index in [-0.39, 0.29) is 5.91 Å². The third-order valence-corrected chi connectivity index (χ3v) is 4.77. The average Bonchev–Trinajstić information content (AvgIpc) is 3.26. The minimum absolute atomic E-state index is 0.0499. The summed E-state index contributed by atoms with van der Waals surface area (Å²) in [5.74, 6) is 1.14. The number of carbonyl (C=O) groups is 1. The fourth-order valence-electron chi connectivity index (χ4n) is 3.30. The predicted octanol–water partition coefficient (Wildman–Crippen LogP) is 2.79. The first-order valence-corrected chi connectivity index (χ1v) is 8.98. The first-order chi connectivity index (χ1) is 13.3. The number of amides is 1. The maximum absolute atomic E-state index is 13.1. The Morgan fingerprint density at radius 1 is 1.07 bits per heavy atom. The molecule has 0 aliphatic carbocycles. The number of anilines is 1. The normalized spacial score (nSPS) is 15.9. The summed E-state index contributed by atoms with van der Waals surface area (Å²) < 4.78 is 7.47. The van der Waals surface area contributed by atoms with Crippen molar-refractivity contribution < 1.29 is 9.53 Å². The van der Waals surface area contributed by atoms with Crippen LogP contribution in [0.15, 0.2) is 67.1 Å². The number of nitrogens with zero attached hydrogens (tertiary/aromatic N) is 3. The third-order valence-electron chi connectivity index (χ3n) is 4.77. The topological polar surface area (TPSA) is 81.1 Å². The smallest absolute Gasteiger partial charge is 0.252 e. The Labute approximate surface area is 157 Å². The molecule has 2 aromatic heterocycles. The molecule has 27 heavy (non-hydrogen) atoms. The van der Waals surface area contributed by atoms with E-state index in [4.69, 9.17) is 4.74 Å². The van der Waals surface area contributed by atoms with Crippen LogP contribution in [0.25, 0.3) is 0 Å². The van der Waals surface area contributed by atoms with Crippen LogP contribution in [0.5, 0.6) is 11.6 Å². The van der Waals surface area contributed by atoms with Crippen LogP contribution in [0.1, 0.15) is 12.8 Å². The molecule has 0 unspecified atom stereocenters. The van der Waals surface area contributed by atoms with Gasteiger partial charge in [0.25, 0.3) is 5.91 Å². The quantitative estimate of drug-likeness (QED) is 0.729. The number of carbonyl (C=O) groups excluding carboxylic acids is 1. The zero-order valence-corrected chi connectivity index (χ0v) is 14.8. The maximum Gasteiger partial charge on any atom is 0.252 e. The molecule has 1 aromatic carbocycles. The van der Waals surface area contributed by atoms with Crippen molar-refractivity contribution in [1.29, 1.82) is 0 Å². The van der Waals surface area contributed by atoms with Gasteiger partial charge in [0.1, 0.15) is 11.3 Å². The average molecular weight is 363 g/mol. The van der Waals surface area contributed by atoms with Crippen LogP contribution in [0.4, 0.5) is 5.69 Å². The highest BCUT2D eigenvalue weighted by molar-refractivity contribution is 5.96. The van der Waals surface area contributed by atoms with E-state index in [0.717, 1.165) is 18.8 Å². The van der Waals surface area contributed by atoms with Gasteiger partial charge in [-0.05, 0) is 62.3 Å². The summed E-state index contributed by atoms with van der Waals surface area (Å²) in [4.78, 5) is 17.3. The van der Waals surface area contributed by atoms with Crippen LogP contribution in [0, 0.1) is 0 Å². The molecule has 1 saturated heterocycles. The van der Waals surface area contributed by atoms with E-state index in [1.807, 2.05) is 48.7 Å². The van der Waals surface area contributed by atoms with Gasteiger partial charge in [-0.1, -0.05) is 6.07 Å². The monoisotopic (exact) mass is 363 g/mol. The largest absolute Gasteiger partial charge is 0.439 e. The van der Waals surface area contributed by atoms with E-state index in [1.165, 1.54) is 0 Å². The molecule has 7 nitrogen and oxygen atoms in total. The van der Waals surface area contributed by atoms with Crippen molar-refractivity contribution in [3.8, 4) is 11.6 Å². The number of piperidine rings is 1. The van der Waals surface area contributed by atoms with Gasteiger partial charge in [-0.25, -0.2) is 4.98 Å². The van der Waals surface area contributed by atoms with E-state index in [1.54, 1.807) is 23.1 Å². The maximum atomic E-state index is 13.1. The fraction of sp³-hybridized carbons (Fsp3) is 0.250. The van der Waals surface area contributed by atoms with Gasteiger partial charge in [0.2, 0.25) is 5.88 Å². The van der Waals surface area contributed by atoms with Crippen LogP contribution in [-0.2, 0) is 10.3 Å². The highest BCUT2D eigenvalue weighted by atomic mass is 16.5. The number of aromatic nitrogens is 3. The van der Waals surface area contributed by atoms with Crippen LogP contribution in [0.2, 0.25) is 0 Å². The molecule has 1 fully saturated rings. The summed E-state index contributed by atoms with van der Waals surface area (Å²) in [6.45, 7) is 1.56. The van der Waals surface area contributed by atoms with Crippen molar-refractivity contribution in [2.24, 2.45) is 0 Å². The summed E-state index contributed by atoms with van der Waals surface area (Å²) in [6, 6.07) is 14.6. The highest BCUT2D eigenvalue weighted by Gasteiger charge is 2.42. The first-order valence-electron chi connectivity index (χ1n) is 8.98. The molecule has 0 atom stereocenters. The van der Waals surface area contributed by atoms with Crippen molar-refractivity contribution >= 4 is 11.6 Å². The zero-order valence-electron chi connectivity index (χ0n) is 14.8. The predicted molar refractivity (Wildman–Crippen MR) is 102 cm³/mol. The Hall–Kier alpha value is -3.19. The molecule has 3 aromatic rings. The molecule has 138 valence electrons. The lowest BCUT2D eigenvalue weighted by molar-refractivity contribution is -0.126. The molecule has 0 saturated carbocycles. The van der Waals surface area contributed by atoms with E-state index in [2.05, 4.69) is 20.7 Å².